The maximum absolute atomic E-state index is 12.8. The Morgan fingerprint density at radius 2 is 2.36 bits per heavy atom. The van der Waals surface area contributed by atoms with E-state index in [1.807, 2.05) is 0 Å². The molecule has 1 rings (SSSR count). The van der Waals surface area contributed by atoms with E-state index in [2.05, 4.69) is 20.9 Å². The van der Waals surface area contributed by atoms with Gasteiger partial charge in [0.25, 0.3) is 0 Å². The molecule has 0 aliphatic rings. The molecule has 0 bridgehead atoms. The Kier molecular flexibility index (Phi) is 2.82. The van der Waals surface area contributed by atoms with Crippen molar-refractivity contribution >= 4 is 15.9 Å². The van der Waals surface area contributed by atoms with Gasteiger partial charge in [-0.2, -0.15) is 0 Å². The zero-order valence-corrected chi connectivity index (χ0v) is 7.56. The fourth-order valence-electron chi connectivity index (χ4n) is 0.672. The highest BCUT2D eigenvalue weighted by Gasteiger charge is 2.02. The smallest absolute Gasteiger partial charge is 0.213 e. The Bertz CT molecular complexity index is 254. The zero-order chi connectivity index (χ0) is 8.27. The van der Waals surface area contributed by atoms with Gasteiger partial charge in [-0.15, -0.1) is 0 Å². The Morgan fingerprint density at radius 1 is 1.64 bits per heavy atom. The third-order valence-electron chi connectivity index (χ3n) is 1.23. The van der Waals surface area contributed by atoms with Crippen LogP contribution in [0.1, 0.15) is 5.69 Å². The fourth-order valence-corrected chi connectivity index (χ4v) is 1.06. The summed E-state index contributed by atoms with van der Waals surface area (Å²) in [6.07, 6.45) is 0. The Morgan fingerprint density at radius 3 is 2.91 bits per heavy atom. The highest BCUT2D eigenvalue weighted by Crippen LogP contribution is 2.13. The van der Waals surface area contributed by atoms with Crippen molar-refractivity contribution in [1.29, 1.82) is 0 Å². The third kappa shape index (κ3) is 1.89. The summed E-state index contributed by atoms with van der Waals surface area (Å²) in [5.74, 6) is 0.114. The van der Waals surface area contributed by atoms with Crippen LogP contribution in [0.2, 0.25) is 0 Å². The number of halogens is 2. The summed E-state index contributed by atoms with van der Waals surface area (Å²) in [7, 11) is 1.50. The number of aromatic nitrogens is 1. The summed E-state index contributed by atoms with van der Waals surface area (Å²) >= 11 is 3.11. The van der Waals surface area contributed by atoms with Crippen molar-refractivity contribution in [2.75, 3.05) is 7.11 Å². The molecule has 0 spiro atoms. The van der Waals surface area contributed by atoms with Gasteiger partial charge in [0.1, 0.15) is 5.82 Å². The van der Waals surface area contributed by atoms with Gasteiger partial charge in [-0.3, -0.25) is 0 Å². The third-order valence-corrected chi connectivity index (χ3v) is 1.76. The van der Waals surface area contributed by atoms with Gasteiger partial charge in [0.2, 0.25) is 5.88 Å². The number of nitrogens with zero attached hydrogens (tertiary/aromatic N) is 1. The van der Waals surface area contributed by atoms with E-state index in [9.17, 15) is 4.39 Å². The number of hydrogen-bond donors (Lipinski definition) is 0. The molecule has 0 amide bonds. The molecular formula is C7H7BrFNO. The van der Waals surface area contributed by atoms with Gasteiger partial charge in [0.05, 0.1) is 12.8 Å². The Labute approximate surface area is 72.5 Å². The molecule has 0 radical (unpaired) electrons. The van der Waals surface area contributed by atoms with Crippen LogP contribution in [0.4, 0.5) is 4.39 Å². The molecule has 0 aliphatic carbocycles. The lowest BCUT2D eigenvalue weighted by atomic mass is 10.3. The molecule has 0 aliphatic heterocycles. The number of pyridine rings is 1. The van der Waals surface area contributed by atoms with E-state index in [-0.39, 0.29) is 5.82 Å². The van der Waals surface area contributed by atoms with Crippen LogP contribution in [0.5, 0.6) is 5.88 Å². The number of ether oxygens (including phenoxy) is 1. The summed E-state index contributed by atoms with van der Waals surface area (Å²) in [6, 6.07) is 2.82. The van der Waals surface area contributed by atoms with Gasteiger partial charge in [0.15, 0.2) is 0 Å². The summed E-state index contributed by atoms with van der Waals surface area (Å²) in [6.45, 7) is 0. The summed E-state index contributed by atoms with van der Waals surface area (Å²) in [5.41, 5.74) is 0.365. The monoisotopic (exact) mass is 219 g/mol. The van der Waals surface area contributed by atoms with Gasteiger partial charge >= 0.3 is 0 Å². The van der Waals surface area contributed by atoms with E-state index >= 15 is 0 Å². The zero-order valence-electron chi connectivity index (χ0n) is 5.97. The minimum absolute atomic E-state index is 0.317. The van der Waals surface area contributed by atoms with E-state index in [1.165, 1.54) is 19.2 Å². The molecule has 11 heavy (non-hydrogen) atoms. The maximum Gasteiger partial charge on any atom is 0.213 e. The second-order valence-electron chi connectivity index (χ2n) is 1.92. The van der Waals surface area contributed by atoms with Crippen molar-refractivity contribution in [3.63, 3.8) is 0 Å². The van der Waals surface area contributed by atoms with Crippen LogP contribution in [0.25, 0.3) is 0 Å². The highest BCUT2D eigenvalue weighted by molar-refractivity contribution is 9.08. The lowest BCUT2D eigenvalue weighted by Crippen LogP contribution is -1.94. The molecule has 0 unspecified atom stereocenters. The predicted octanol–water partition coefficient (Wildman–Crippen LogP) is 2.12. The standard InChI is InChI=1S/C7H7BrFNO/c1-11-7-3-2-5(9)6(4-8)10-7/h2-3H,4H2,1H3. The predicted molar refractivity (Wildman–Crippen MR) is 43.4 cm³/mol. The topological polar surface area (TPSA) is 22.1 Å². The van der Waals surface area contributed by atoms with Gasteiger partial charge in [-0.1, -0.05) is 15.9 Å². The largest absolute Gasteiger partial charge is 0.481 e. The molecular weight excluding hydrogens is 213 g/mol. The van der Waals surface area contributed by atoms with Crippen molar-refractivity contribution in [1.82, 2.24) is 4.98 Å². The maximum atomic E-state index is 12.8. The van der Waals surface area contributed by atoms with Crippen LogP contribution in [0, 0.1) is 5.82 Å². The van der Waals surface area contributed by atoms with E-state index in [1.54, 1.807) is 0 Å². The molecule has 4 heteroatoms. The van der Waals surface area contributed by atoms with Crippen LogP contribution in [-0.2, 0) is 5.33 Å². The van der Waals surface area contributed by atoms with Crippen molar-refractivity contribution in [2.45, 2.75) is 5.33 Å². The van der Waals surface area contributed by atoms with Crippen LogP contribution >= 0.6 is 15.9 Å². The molecule has 1 heterocycles. The van der Waals surface area contributed by atoms with Crippen molar-refractivity contribution in [3.8, 4) is 5.88 Å². The SMILES string of the molecule is COc1ccc(F)c(CBr)n1. The van der Waals surface area contributed by atoms with E-state index in [0.29, 0.717) is 16.9 Å². The molecule has 0 saturated heterocycles. The molecule has 0 fully saturated rings. The number of alkyl halides is 1. The second kappa shape index (κ2) is 3.67. The lowest BCUT2D eigenvalue weighted by molar-refractivity contribution is 0.394. The quantitative estimate of drug-likeness (QED) is 0.712. The second-order valence-corrected chi connectivity index (χ2v) is 2.48. The molecule has 0 atom stereocenters. The summed E-state index contributed by atoms with van der Waals surface area (Å²) < 4.78 is 17.6. The molecule has 60 valence electrons. The number of rotatable bonds is 2. The number of hydrogen-bond acceptors (Lipinski definition) is 2. The van der Waals surface area contributed by atoms with Gasteiger partial charge in [0, 0.05) is 11.4 Å². The normalized spacial score (nSPS) is 9.73. The van der Waals surface area contributed by atoms with Crippen LogP contribution in [0.15, 0.2) is 12.1 Å². The van der Waals surface area contributed by atoms with Crippen molar-refractivity contribution in [2.24, 2.45) is 0 Å². The van der Waals surface area contributed by atoms with Gasteiger partial charge < -0.3 is 4.74 Å². The fraction of sp³-hybridized carbons (Fsp3) is 0.286. The van der Waals surface area contributed by atoms with E-state index < -0.39 is 0 Å². The molecule has 0 aromatic carbocycles. The average Bonchev–Trinajstić information content (AvgIpc) is 2.05. The van der Waals surface area contributed by atoms with Crippen molar-refractivity contribution in [3.05, 3.63) is 23.6 Å². The first-order valence-electron chi connectivity index (χ1n) is 3.03. The molecule has 1 aromatic rings. The highest BCUT2D eigenvalue weighted by atomic mass is 79.9. The summed E-state index contributed by atoms with van der Waals surface area (Å²) in [5, 5.41) is 0.399. The Balaban J connectivity index is 3.02. The first-order valence-corrected chi connectivity index (χ1v) is 4.15. The molecule has 1 aromatic heterocycles. The lowest BCUT2D eigenvalue weighted by Gasteiger charge is -2.00. The minimum atomic E-state index is -0.317. The first kappa shape index (κ1) is 8.46. The molecule has 0 N–H and O–H groups in total. The Hall–Kier alpha value is -0.640. The van der Waals surface area contributed by atoms with Crippen LogP contribution in [0.3, 0.4) is 0 Å². The van der Waals surface area contributed by atoms with Crippen LogP contribution < -0.4 is 4.74 Å². The average molecular weight is 220 g/mol. The summed E-state index contributed by atoms with van der Waals surface area (Å²) in [4.78, 5) is 3.87. The van der Waals surface area contributed by atoms with Gasteiger partial charge in [-0.05, 0) is 6.07 Å². The first-order chi connectivity index (χ1) is 5.27. The molecule has 0 saturated carbocycles. The van der Waals surface area contributed by atoms with Crippen LogP contribution in [-0.4, -0.2) is 12.1 Å². The number of methoxy groups -OCH3 is 1. The van der Waals surface area contributed by atoms with E-state index in [0.717, 1.165) is 0 Å². The minimum Gasteiger partial charge on any atom is -0.481 e. The van der Waals surface area contributed by atoms with E-state index in [4.69, 9.17) is 4.74 Å². The molecule has 2 nitrogen and oxygen atoms in total. The van der Waals surface area contributed by atoms with Crippen molar-refractivity contribution < 1.29 is 9.13 Å². The van der Waals surface area contributed by atoms with Gasteiger partial charge in [-0.25, -0.2) is 9.37 Å².